The summed E-state index contributed by atoms with van der Waals surface area (Å²) < 4.78 is 13.0. The van der Waals surface area contributed by atoms with Crippen molar-refractivity contribution in [1.29, 1.82) is 0 Å². The highest BCUT2D eigenvalue weighted by molar-refractivity contribution is 5.87. The van der Waals surface area contributed by atoms with E-state index in [0.29, 0.717) is 13.0 Å². The summed E-state index contributed by atoms with van der Waals surface area (Å²) in [6, 6.07) is 24.3. The zero-order valence-corrected chi connectivity index (χ0v) is 25.2. The van der Waals surface area contributed by atoms with Crippen molar-refractivity contribution in [3.05, 3.63) is 119 Å². The van der Waals surface area contributed by atoms with Gasteiger partial charge in [-0.2, -0.15) is 0 Å². The molecule has 1 unspecified atom stereocenters. The molecule has 1 aliphatic heterocycles. The molecule has 3 aromatic carbocycles. The largest absolute Gasteiger partial charge is 0.392 e. The number of rotatable bonds is 13. The zero-order valence-electron chi connectivity index (χ0n) is 25.2. The number of aliphatic hydroxyl groups excluding tert-OH is 1. The van der Waals surface area contributed by atoms with E-state index < -0.39 is 18.4 Å². The van der Waals surface area contributed by atoms with Crippen LogP contribution in [-0.2, 0) is 33.8 Å². The number of amides is 2. The first-order chi connectivity index (χ1) is 20.8. The fourth-order valence-corrected chi connectivity index (χ4v) is 5.26. The highest BCUT2D eigenvalue weighted by atomic mass is 16.7. The first-order valence-corrected chi connectivity index (χ1v) is 14.7. The van der Waals surface area contributed by atoms with Crippen LogP contribution in [-0.4, -0.2) is 54.1 Å². The number of nitrogens with zero attached hydrogens (tertiary/aromatic N) is 1. The van der Waals surface area contributed by atoms with Crippen molar-refractivity contribution in [1.82, 2.24) is 15.5 Å². The molecule has 8 nitrogen and oxygen atoms in total. The molecule has 0 aliphatic carbocycles. The average molecular weight is 586 g/mol. The summed E-state index contributed by atoms with van der Waals surface area (Å²) in [7, 11) is 2.05. The van der Waals surface area contributed by atoms with E-state index in [1.165, 1.54) is 6.92 Å². The summed E-state index contributed by atoms with van der Waals surface area (Å²) in [6.45, 7) is 9.26. The molecule has 8 heteroatoms. The van der Waals surface area contributed by atoms with Crippen LogP contribution in [0, 0.1) is 5.92 Å². The fourth-order valence-electron chi connectivity index (χ4n) is 5.26. The third-order valence-electron chi connectivity index (χ3n) is 7.84. The number of likely N-dealkylation sites (N-methyl/N-ethyl adjacent to an activating group) is 1. The Kier molecular flexibility index (Phi) is 11.6. The van der Waals surface area contributed by atoms with E-state index in [1.54, 1.807) is 0 Å². The molecule has 0 aromatic heterocycles. The maximum absolute atomic E-state index is 12.6. The van der Waals surface area contributed by atoms with Gasteiger partial charge in [-0.3, -0.25) is 4.79 Å². The van der Waals surface area contributed by atoms with Gasteiger partial charge in [-0.1, -0.05) is 91.9 Å². The number of benzene rings is 3. The molecule has 43 heavy (non-hydrogen) atoms. The van der Waals surface area contributed by atoms with Crippen LogP contribution in [0.3, 0.4) is 0 Å². The van der Waals surface area contributed by atoms with Gasteiger partial charge < -0.3 is 30.1 Å². The van der Waals surface area contributed by atoms with Gasteiger partial charge in [-0.05, 0) is 42.6 Å². The minimum absolute atomic E-state index is 0.00404. The molecule has 1 saturated heterocycles. The number of carbonyl (C=O) groups is 2. The topological polar surface area (TPSA) is 100 Å². The summed E-state index contributed by atoms with van der Waals surface area (Å²) in [5, 5.41) is 15.1. The smallest absolute Gasteiger partial charge is 0.315 e. The lowest BCUT2D eigenvalue weighted by Crippen LogP contribution is -2.46. The predicted octanol–water partition coefficient (Wildman–Crippen LogP) is 5.09. The Balaban J connectivity index is 1.40. The number of aliphatic hydroxyl groups is 1. The predicted molar refractivity (Wildman–Crippen MR) is 167 cm³/mol. The number of Topliss-reactive ketones (excluding diaryl/α,β-unsaturated/α-hetero) is 1. The normalized spacial score (nSPS) is 20.8. The number of nitrogens with one attached hydrogen (secondary N) is 2. The Morgan fingerprint density at radius 3 is 2.23 bits per heavy atom. The van der Waals surface area contributed by atoms with Crippen LogP contribution in [0.25, 0.3) is 0 Å². The molecule has 3 aromatic rings. The summed E-state index contributed by atoms with van der Waals surface area (Å²) in [6.07, 6.45) is 1.48. The second-order valence-electron chi connectivity index (χ2n) is 11.3. The average Bonchev–Trinajstić information content (AvgIpc) is 3.01. The van der Waals surface area contributed by atoms with Crippen molar-refractivity contribution in [2.24, 2.45) is 5.92 Å². The quantitative estimate of drug-likeness (QED) is 0.242. The zero-order chi connectivity index (χ0) is 30.8. The molecule has 1 aliphatic rings. The minimum atomic E-state index is -0.598. The summed E-state index contributed by atoms with van der Waals surface area (Å²) in [4.78, 5) is 26.9. The molecule has 0 bridgehead atoms. The number of urea groups is 1. The van der Waals surface area contributed by atoms with Crippen molar-refractivity contribution in [3.63, 3.8) is 0 Å². The summed E-state index contributed by atoms with van der Waals surface area (Å²) >= 11 is 0. The maximum atomic E-state index is 12.6. The van der Waals surface area contributed by atoms with Crippen LogP contribution in [0.2, 0.25) is 0 Å². The van der Waals surface area contributed by atoms with Crippen molar-refractivity contribution >= 4 is 11.8 Å². The lowest BCUT2D eigenvalue weighted by molar-refractivity contribution is -0.275. The third-order valence-corrected chi connectivity index (χ3v) is 7.84. The second kappa shape index (κ2) is 15.6. The van der Waals surface area contributed by atoms with E-state index in [-0.39, 0.29) is 30.5 Å². The van der Waals surface area contributed by atoms with E-state index in [0.717, 1.165) is 40.9 Å². The number of ether oxygens (including phenoxy) is 2. The molecule has 0 radical (unpaired) electrons. The molecule has 0 spiro atoms. The standard InChI is InChI=1S/C35H43N3O5/c1-5-19-38(4)22-32-24(2)33(29-15-13-28(23-39)14-16-29)43-34(42-32)30-17-11-27(12-18-30)21-36-35(41)37-31(25(3)40)20-26-9-7-6-8-10-26/h5-18,24,31-34,39H,1,19-23H2,2-4H3,(H2,36,37,41)/t24-,31+,32+,33+,34?/m0/s1. The minimum Gasteiger partial charge on any atom is -0.392 e. The van der Waals surface area contributed by atoms with Gasteiger partial charge >= 0.3 is 6.03 Å². The maximum Gasteiger partial charge on any atom is 0.315 e. The number of hydrogen-bond acceptors (Lipinski definition) is 6. The van der Waals surface area contributed by atoms with Crippen molar-refractivity contribution in [3.8, 4) is 0 Å². The van der Waals surface area contributed by atoms with Crippen LogP contribution in [0.1, 0.15) is 54.1 Å². The van der Waals surface area contributed by atoms with Gasteiger partial charge in [-0.25, -0.2) is 4.79 Å². The molecule has 0 saturated carbocycles. The molecular weight excluding hydrogens is 542 g/mol. The molecule has 1 heterocycles. The molecular formula is C35H43N3O5. The second-order valence-corrected chi connectivity index (χ2v) is 11.3. The molecule has 4 rings (SSSR count). The van der Waals surface area contributed by atoms with Gasteiger partial charge in [0.1, 0.15) is 0 Å². The van der Waals surface area contributed by atoms with E-state index in [1.807, 2.05) is 92.0 Å². The van der Waals surface area contributed by atoms with Gasteiger partial charge in [0.2, 0.25) is 0 Å². The van der Waals surface area contributed by atoms with Crippen molar-refractivity contribution in [2.75, 3.05) is 20.1 Å². The lowest BCUT2D eigenvalue weighted by atomic mass is 9.90. The summed E-state index contributed by atoms with van der Waals surface area (Å²) in [5.74, 6) is -0.00649. The SMILES string of the molecule is C=CCN(C)C[C@H]1OC(c2ccc(CNC(=O)N[C@H](Cc3ccccc3)C(C)=O)cc2)O[C@@H](c2ccc(CO)cc2)[C@H]1C. The lowest BCUT2D eigenvalue weighted by Gasteiger charge is -2.42. The number of ketones is 1. The Morgan fingerprint density at radius 2 is 1.60 bits per heavy atom. The van der Waals surface area contributed by atoms with Crippen molar-refractivity contribution < 1.29 is 24.2 Å². The monoisotopic (exact) mass is 585 g/mol. The molecule has 228 valence electrons. The van der Waals surface area contributed by atoms with Gasteiger partial charge in [0.15, 0.2) is 12.1 Å². The van der Waals surface area contributed by atoms with Gasteiger partial charge in [0, 0.05) is 31.1 Å². The highest BCUT2D eigenvalue weighted by Crippen LogP contribution is 2.41. The van der Waals surface area contributed by atoms with Gasteiger partial charge in [-0.15, -0.1) is 6.58 Å². The Bertz CT molecular complexity index is 1330. The van der Waals surface area contributed by atoms with Crippen molar-refractivity contribution in [2.45, 2.75) is 58.0 Å². The van der Waals surface area contributed by atoms with Crippen LogP contribution in [0.4, 0.5) is 4.79 Å². The molecule has 5 atom stereocenters. The van der Waals surface area contributed by atoms with Gasteiger partial charge in [0.25, 0.3) is 0 Å². The van der Waals surface area contributed by atoms with Crippen LogP contribution in [0.15, 0.2) is 91.5 Å². The van der Waals surface area contributed by atoms with E-state index in [2.05, 4.69) is 29.0 Å². The highest BCUT2D eigenvalue weighted by Gasteiger charge is 2.38. The van der Waals surface area contributed by atoms with Crippen LogP contribution in [0.5, 0.6) is 0 Å². The first-order valence-electron chi connectivity index (χ1n) is 14.7. The Hall–Kier alpha value is -3.82. The number of carbonyl (C=O) groups excluding carboxylic acids is 2. The Morgan fingerprint density at radius 1 is 0.953 bits per heavy atom. The molecule has 3 N–H and O–H groups in total. The fraction of sp³-hybridized carbons (Fsp3) is 0.371. The van der Waals surface area contributed by atoms with E-state index in [9.17, 15) is 14.7 Å². The third kappa shape index (κ3) is 9.08. The molecule has 1 fully saturated rings. The Labute approximate surface area is 254 Å². The number of hydrogen-bond donors (Lipinski definition) is 3. The van der Waals surface area contributed by atoms with Crippen LogP contribution < -0.4 is 10.6 Å². The van der Waals surface area contributed by atoms with Gasteiger partial charge in [0.05, 0.1) is 24.9 Å². The van der Waals surface area contributed by atoms with E-state index >= 15 is 0 Å². The molecule has 2 amide bonds. The van der Waals surface area contributed by atoms with Crippen LogP contribution >= 0.6 is 0 Å². The van der Waals surface area contributed by atoms with E-state index in [4.69, 9.17) is 9.47 Å². The summed E-state index contributed by atoms with van der Waals surface area (Å²) in [5.41, 5.74) is 4.67. The first kappa shape index (κ1) is 32.1.